The zero-order valence-corrected chi connectivity index (χ0v) is 17.3. The molecule has 2 N–H and O–H groups in total. The van der Waals surface area contributed by atoms with Crippen molar-refractivity contribution in [3.8, 4) is 11.1 Å². The summed E-state index contributed by atoms with van der Waals surface area (Å²) in [6.45, 7) is 6.80. The first-order chi connectivity index (χ1) is 14.1. The second-order valence-electron chi connectivity index (χ2n) is 6.85. The Bertz CT molecular complexity index is 979. The van der Waals surface area contributed by atoms with Gasteiger partial charge in [0, 0.05) is 30.0 Å². The predicted octanol–water partition coefficient (Wildman–Crippen LogP) is 3.42. The molecule has 0 aliphatic carbocycles. The molecule has 3 heterocycles. The number of hydrogen-bond donors (Lipinski definition) is 2. The Kier molecular flexibility index (Phi) is 5.73. The van der Waals surface area contributed by atoms with Gasteiger partial charge in [-0.25, -0.2) is 9.97 Å². The number of nitrogens with one attached hydrogen (secondary N) is 2. The Morgan fingerprint density at radius 3 is 2.45 bits per heavy atom. The highest BCUT2D eigenvalue weighted by Gasteiger charge is 2.22. The molecule has 29 heavy (non-hydrogen) atoms. The van der Waals surface area contributed by atoms with E-state index in [4.69, 9.17) is 4.74 Å². The molecule has 1 fully saturated rings. The van der Waals surface area contributed by atoms with Crippen molar-refractivity contribution in [2.75, 3.05) is 36.6 Å². The van der Waals surface area contributed by atoms with Gasteiger partial charge in [-0.3, -0.25) is 15.6 Å². The summed E-state index contributed by atoms with van der Waals surface area (Å²) in [6, 6.07) is 14.0. The van der Waals surface area contributed by atoms with E-state index < -0.39 is 0 Å². The van der Waals surface area contributed by atoms with Gasteiger partial charge in [0.05, 0.1) is 23.1 Å². The van der Waals surface area contributed by atoms with Crippen molar-refractivity contribution in [1.29, 1.82) is 0 Å². The highest BCUT2D eigenvalue weighted by molar-refractivity contribution is 7.18. The normalized spacial score (nSPS) is 13.9. The Balaban J connectivity index is 1.58. The molecule has 1 aliphatic heterocycles. The van der Waals surface area contributed by atoms with Gasteiger partial charge in [-0.2, -0.15) is 0 Å². The van der Waals surface area contributed by atoms with Crippen LogP contribution in [0.3, 0.4) is 0 Å². The molecule has 0 atom stereocenters. The second-order valence-corrected chi connectivity index (χ2v) is 7.88. The van der Waals surface area contributed by atoms with E-state index in [1.807, 2.05) is 44.2 Å². The first-order valence-corrected chi connectivity index (χ1v) is 10.3. The second kappa shape index (κ2) is 8.59. The van der Waals surface area contributed by atoms with E-state index in [1.165, 1.54) is 11.3 Å². The van der Waals surface area contributed by atoms with E-state index >= 15 is 0 Å². The van der Waals surface area contributed by atoms with Crippen LogP contribution < -0.4 is 15.8 Å². The Labute approximate surface area is 173 Å². The number of thiophene rings is 1. The number of aromatic nitrogens is 2. The number of carbonyl (C=O) groups excluding carboxylic acids is 1. The van der Waals surface area contributed by atoms with E-state index in [2.05, 4.69) is 37.9 Å². The van der Waals surface area contributed by atoms with Crippen LogP contribution in [0.5, 0.6) is 0 Å². The molecule has 1 aliphatic rings. The number of benzene rings is 1. The molecule has 2 aromatic heterocycles. The van der Waals surface area contributed by atoms with Crippen LogP contribution >= 0.6 is 11.3 Å². The number of hydrazine groups is 1. The van der Waals surface area contributed by atoms with Crippen LogP contribution in [0.4, 0.5) is 10.9 Å². The predicted molar refractivity (Wildman–Crippen MR) is 115 cm³/mol. The maximum absolute atomic E-state index is 12.8. The number of rotatable bonds is 5. The molecule has 1 saturated heterocycles. The third-order valence-corrected chi connectivity index (χ3v) is 5.78. The molecular formula is C21H23N5O2S. The van der Waals surface area contributed by atoms with Crippen molar-refractivity contribution in [3.63, 3.8) is 0 Å². The van der Waals surface area contributed by atoms with Crippen LogP contribution in [-0.2, 0) is 4.74 Å². The van der Waals surface area contributed by atoms with E-state index in [0.717, 1.165) is 40.6 Å². The van der Waals surface area contributed by atoms with Gasteiger partial charge in [-0.05, 0) is 31.5 Å². The van der Waals surface area contributed by atoms with Gasteiger partial charge in [0.25, 0.3) is 5.91 Å². The van der Waals surface area contributed by atoms with E-state index in [9.17, 15) is 4.79 Å². The van der Waals surface area contributed by atoms with Gasteiger partial charge in [0.2, 0.25) is 5.95 Å². The number of anilines is 2. The van der Waals surface area contributed by atoms with Crippen LogP contribution in [-0.4, -0.2) is 42.2 Å². The number of aryl methyl sites for hydroxylation is 2. The SMILES string of the molecule is Cc1cc(C)nc(NNC(=O)c2cc(-c3ccccc3)c(N3CCOCC3)s2)n1. The molecule has 0 unspecified atom stereocenters. The molecular weight excluding hydrogens is 386 g/mol. The number of carbonyl (C=O) groups is 1. The third-order valence-electron chi connectivity index (χ3n) is 4.59. The topological polar surface area (TPSA) is 79.4 Å². The lowest BCUT2D eigenvalue weighted by atomic mass is 10.1. The molecule has 1 aromatic carbocycles. The molecule has 0 saturated carbocycles. The lowest BCUT2D eigenvalue weighted by Gasteiger charge is -2.28. The van der Waals surface area contributed by atoms with Crippen molar-refractivity contribution in [3.05, 3.63) is 58.7 Å². The average Bonchev–Trinajstić information content (AvgIpc) is 3.18. The van der Waals surface area contributed by atoms with E-state index in [1.54, 1.807) is 0 Å². The lowest BCUT2D eigenvalue weighted by molar-refractivity contribution is 0.0966. The molecule has 150 valence electrons. The standard InChI is InChI=1S/C21H23N5O2S/c1-14-12-15(2)23-21(22-14)25-24-19(27)18-13-17(16-6-4-3-5-7-16)20(29-18)26-8-10-28-11-9-26/h3-7,12-13H,8-11H2,1-2H3,(H,24,27)(H,22,23,25). The van der Waals surface area contributed by atoms with Crippen LogP contribution in [0.25, 0.3) is 11.1 Å². The van der Waals surface area contributed by atoms with Crippen LogP contribution in [0, 0.1) is 13.8 Å². The summed E-state index contributed by atoms with van der Waals surface area (Å²) in [5.41, 5.74) is 9.37. The zero-order chi connectivity index (χ0) is 20.2. The van der Waals surface area contributed by atoms with Crippen LogP contribution in [0.1, 0.15) is 21.1 Å². The molecule has 0 spiro atoms. The van der Waals surface area contributed by atoms with Gasteiger partial charge in [0.1, 0.15) is 0 Å². The van der Waals surface area contributed by atoms with Gasteiger partial charge < -0.3 is 9.64 Å². The lowest BCUT2D eigenvalue weighted by Crippen LogP contribution is -2.35. The molecule has 8 heteroatoms. The minimum atomic E-state index is -0.213. The van der Waals surface area contributed by atoms with Crippen LogP contribution in [0.2, 0.25) is 0 Å². The van der Waals surface area contributed by atoms with Crippen molar-refractivity contribution in [2.45, 2.75) is 13.8 Å². The minimum absolute atomic E-state index is 0.213. The van der Waals surface area contributed by atoms with E-state index in [-0.39, 0.29) is 5.91 Å². The fourth-order valence-electron chi connectivity index (χ4n) is 3.28. The van der Waals surface area contributed by atoms with Crippen molar-refractivity contribution >= 4 is 28.2 Å². The maximum Gasteiger partial charge on any atom is 0.279 e. The van der Waals surface area contributed by atoms with Gasteiger partial charge >= 0.3 is 0 Å². The van der Waals surface area contributed by atoms with Crippen molar-refractivity contribution in [2.24, 2.45) is 0 Å². The number of amides is 1. The third kappa shape index (κ3) is 4.55. The van der Waals surface area contributed by atoms with Gasteiger partial charge in [-0.1, -0.05) is 30.3 Å². The highest BCUT2D eigenvalue weighted by Crippen LogP contribution is 2.39. The Morgan fingerprint density at radius 2 is 1.76 bits per heavy atom. The van der Waals surface area contributed by atoms with Gasteiger partial charge in [-0.15, -0.1) is 11.3 Å². The first kappa shape index (κ1) is 19.4. The summed E-state index contributed by atoms with van der Waals surface area (Å²) in [5.74, 6) is 0.165. The first-order valence-electron chi connectivity index (χ1n) is 9.51. The minimum Gasteiger partial charge on any atom is -0.378 e. The zero-order valence-electron chi connectivity index (χ0n) is 16.4. The smallest absolute Gasteiger partial charge is 0.279 e. The Hall–Kier alpha value is -2.97. The molecule has 7 nitrogen and oxygen atoms in total. The number of ether oxygens (including phenoxy) is 1. The summed E-state index contributed by atoms with van der Waals surface area (Å²) in [5, 5.41) is 1.09. The van der Waals surface area contributed by atoms with Crippen molar-refractivity contribution in [1.82, 2.24) is 15.4 Å². The molecule has 0 bridgehead atoms. The van der Waals surface area contributed by atoms with E-state index in [0.29, 0.717) is 24.0 Å². The van der Waals surface area contributed by atoms with Gasteiger partial charge in [0.15, 0.2) is 0 Å². The summed E-state index contributed by atoms with van der Waals surface area (Å²) in [6.07, 6.45) is 0. The maximum atomic E-state index is 12.8. The fraction of sp³-hybridized carbons (Fsp3) is 0.286. The molecule has 0 radical (unpaired) electrons. The summed E-state index contributed by atoms with van der Waals surface area (Å²) >= 11 is 1.49. The number of morpholine rings is 1. The number of nitrogens with zero attached hydrogens (tertiary/aromatic N) is 3. The fourth-order valence-corrected chi connectivity index (χ4v) is 4.40. The molecule has 4 rings (SSSR count). The average molecular weight is 410 g/mol. The molecule has 1 amide bonds. The summed E-state index contributed by atoms with van der Waals surface area (Å²) in [4.78, 5) is 24.3. The highest BCUT2D eigenvalue weighted by atomic mass is 32.1. The number of hydrogen-bond acceptors (Lipinski definition) is 7. The quantitative estimate of drug-likeness (QED) is 0.629. The molecule has 3 aromatic rings. The summed E-state index contributed by atoms with van der Waals surface area (Å²) in [7, 11) is 0. The Morgan fingerprint density at radius 1 is 1.07 bits per heavy atom. The van der Waals surface area contributed by atoms with Crippen LogP contribution in [0.15, 0.2) is 42.5 Å². The van der Waals surface area contributed by atoms with Crippen molar-refractivity contribution < 1.29 is 9.53 Å². The monoisotopic (exact) mass is 409 g/mol. The largest absolute Gasteiger partial charge is 0.378 e. The summed E-state index contributed by atoms with van der Waals surface area (Å²) < 4.78 is 5.49.